The van der Waals surface area contributed by atoms with Gasteiger partial charge in [0.1, 0.15) is 11.5 Å². The second kappa shape index (κ2) is 7.57. The Labute approximate surface area is 145 Å². The van der Waals surface area contributed by atoms with Gasteiger partial charge in [0.2, 0.25) is 5.91 Å². The molecular formula is C20H20N2O3. The molecule has 2 aromatic carbocycles. The van der Waals surface area contributed by atoms with Crippen molar-refractivity contribution in [2.75, 3.05) is 13.7 Å². The predicted octanol–water partition coefficient (Wildman–Crippen LogP) is 3.25. The number of amides is 1. The second-order valence-corrected chi connectivity index (χ2v) is 5.69. The molecule has 0 aliphatic carbocycles. The highest BCUT2D eigenvalue weighted by molar-refractivity contribution is 5.91. The first-order chi connectivity index (χ1) is 12.2. The number of aromatic amines is 1. The molecule has 128 valence electrons. The summed E-state index contributed by atoms with van der Waals surface area (Å²) in [4.78, 5) is 15.1. The van der Waals surface area contributed by atoms with Crippen LogP contribution < -0.4 is 10.1 Å². The van der Waals surface area contributed by atoms with Gasteiger partial charge >= 0.3 is 0 Å². The lowest BCUT2D eigenvalue weighted by molar-refractivity contribution is -0.116. The number of rotatable bonds is 6. The maximum absolute atomic E-state index is 11.9. The third-order valence-corrected chi connectivity index (χ3v) is 3.99. The van der Waals surface area contributed by atoms with Crippen molar-refractivity contribution >= 4 is 22.9 Å². The zero-order valence-corrected chi connectivity index (χ0v) is 14.0. The molecule has 0 fully saturated rings. The standard InChI is InChI=1S/C20H20N2O3/c1-25-17-7-8-19-18(12-17)15(13-22-19)10-11-21-20(24)9-4-14-2-5-16(23)6-3-14/h2-9,12-13,22-23H,10-11H2,1H3,(H,21,24). The number of hydrogen-bond donors (Lipinski definition) is 3. The van der Waals surface area contributed by atoms with E-state index in [0.29, 0.717) is 6.54 Å². The van der Waals surface area contributed by atoms with E-state index in [0.717, 1.165) is 34.2 Å². The third-order valence-electron chi connectivity index (χ3n) is 3.99. The summed E-state index contributed by atoms with van der Waals surface area (Å²) in [6.45, 7) is 0.545. The van der Waals surface area contributed by atoms with E-state index in [-0.39, 0.29) is 11.7 Å². The van der Waals surface area contributed by atoms with Gasteiger partial charge in [-0.3, -0.25) is 4.79 Å². The number of fused-ring (bicyclic) bond motifs is 1. The number of ether oxygens (including phenoxy) is 1. The highest BCUT2D eigenvalue weighted by Gasteiger charge is 2.05. The maximum atomic E-state index is 11.9. The molecule has 5 heteroatoms. The zero-order chi connectivity index (χ0) is 17.6. The zero-order valence-electron chi connectivity index (χ0n) is 14.0. The summed E-state index contributed by atoms with van der Waals surface area (Å²) in [5.41, 5.74) is 3.04. The topological polar surface area (TPSA) is 74.3 Å². The number of aromatic hydroxyl groups is 1. The van der Waals surface area contributed by atoms with Gasteiger partial charge in [-0.2, -0.15) is 0 Å². The van der Waals surface area contributed by atoms with E-state index in [1.165, 1.54) is 6.08 Å². The van der Waals surface area contributed by atoms with Crippen LogP contribution in [0.3, 0.4) is 0 Å². The summed E-state index contributed by atoms with van der Waals surface area (Å²) in [6, 6.07) is 12.6. The molecule has 0 saturated carbocycles. The number of aromatic nitrogens is 1. The van der Waals surface area contributed by atoms with E-state index in [1.807, 2.05) is 24.4 Å². The number of hydrogen-bond acceptors (Lipinski definition) is 3. The van der Waals surface area contributed by atoms with Gasteiger partial charge in [-0.1, -0.05) is 12.1 Å². The van der Waals surface area contributed by atoms with Crippen LogP contribution in [0.1, 0.15) is 11.1 Å². The van der Waals surface area contributed by atoms with Crippen LogP contribution in [0.15, 0.2) is 54.7 Å². The molecule has 3 aromatic rings. The van der Waals surface area contributed by atoms with Gasteiger partial charge in [-0.15, -0.1) is 0 Å². The number of methoxy groups -OCH3 is 1. The first-order valence-electron chi connectivity index (χ1n) is 8.04. The van der Waals surface area contributed by atoms with Gasteiger partial charge in [-0.25, -0.2) is 0 Å². The molecule has 0 atom stereocenters. The van der Waals surface area contributed by atoms with Crippen LogP contribution in [0.4, 0.5) is 0 Å². The maximum Gasteiger partial charge on any atom is 0.244 e. The predicted molar refractivity (Wildman–Crippen MR) is 98.7 cm³/mol. The Morgan fingerprint density at radius 2 is 2.04 bits per heavy atom. The van der Waals surface area contributed by atoms with Crippen LogP contribution in [-0.2, 0) is 11.2 Å². The molecule has 0 radical (unpaired) electrons. The Balaban J connectivity index is 1.55. The highest BCUT2D eigenvalue weighted by Crippen LogP contribution is 2.23. The van der Waals surface area contributed by atoms with Gasteiger partial charge in [0, 0.05) is 29.7 Å². The Hall–Kier alpha value is -3.21. The molecule has 0 aliphatic heterocycles. The number of phenols is 1. The van der Waals surface area contributed by atoms with Crippen molar-refractivity contribution in [1.29, 1.82) is 0 Å². The van der Waals surface area contributed by atoms with E-state index in [2.05, 4.69) is 10.3 Å². The smallest absolute Gasteiger partial charge is 0.244 e. The van der Waals surface area contributed by atoms with Crippen LogP contribution in [0, 0.1) is 0 Å². The lowest BCUT2D eigenvalue weighted by Gasteiger charge is -2.03. The summed E-state index contributed by atoms with van der Waals surface area (Å²) < 4.78 is 5.26. The minimum atomic E-state index is -0.148. The highest BCUT2D eigenvalue weighted by atomic mass is 16.5. The summed E-state index contributed by atoms with van der Waals surface area (Å²) in [5, 5.41) is 13.2. The Morgan fingerprint density at radius 3 is 2.80 bits per heavy atom. The Kier molecular flexibility index (Phi) is 5.04. The van der Waals surface area contributed by atoms with E-state index in [9.17, 15) is 9.90 Å². The normalized spacial score (nSPS) is 11.1. The van der Waals surface area contributed by atoms with Crippen molar-refractivity contribution in [3.8, 4) is 11.5 Å². The fraction of sp³-hybridized carbons (Fsp3) is 0.150. The summed E-state index contributed by atoms with van der Waals surface area (Å²) in [6.07, 6.45) is 5.89. The van der Waals surface area contributed by atoms with Crippen molar-refractivity contribution in [1.82, 2.24) is 10.3 Å². The molecule has 0 saturated heterocycles. The first-order valence-corrected chi connectivity index (χ1v) is 8.04. The molecule has 1 aromatic heterocycles. The lowest BCUT2D eigenvalue weighted by atomic mass is 10.1. The number of benzene rings is 2. The monoisotopic (exact) mass is 336 g/mol. The molecule has 3 rings (SSSR count). The van der Waals surface area contributed by atoms with Crippen molar-refractivity contribution < 1.29 is 14.6 Å². The molecule has 25 heavy (non-hydrogen) atoms. The fourth-order valence-corrected chi connectivity index (χ4v) is 2.63. The van der Waals surface area contributed by atoms with Gasteiger partial charge in [0.25, 0.3) is 0 Å². The largest absolute Gasteiger partial charge is 0.508 e. The molecule has 1 heterocycles. The Bertz CT molecular complexity index is 895. The SMILES string of the molecule is COc1ccc2[nH]cc(CCNC(=O)C=Cc3ccc(O)cc3)c2c1. The lowest BCUT2D eigenvalue weighted by Crippen LogP contribution is -2.23. The average molecular weight is 336 g/mol. The quantitative estimate of drug-likeness (QED) is 0.605. The van der Waals surface area contributed by atoms with Crippen molar-refractivity contribution in [2.45, 2.75) is 6.42 Å². The summed E-state index contributed by atoms with van der Waals surface area (Å²) in [5.74, 6) is 0.872. The number of carbonyl (C=O) groups excluding carboxylic acids is 1. The van der Waals surface area contributed by atoms with Crippen LogP contribution in [0.2, 0.25) is 0 Å². The van der Waals surface area contributed by atoms with E-state index in [1.54, 1.807) is 37.5 Å². The molecule has 0 bridgehead atoms. The van der Waals surface area contributed by atoms with E-state index >= 15 is 0 Å². The minimum Gasteiger partial charge on any atom is -0.508 e. The second-order valence-electron chi connectivity index (χ2n) is 5.69. The number of H-pyrrole nitrogens is 1. The number of carbonyl (C=O) groups is 1. The molecule has 0 unspecified atom stereocenters. The van der Waals surface area contributed by atoms with Gasteiger partial charge in [0.05, 0.1) is 7.11 Å². The minimum absolute atomic E-state index is 0.148. The van der Waals surface area contributed by atoms with E-state index in [4.69, 9.17) is 4.74 Å². The molecule has 0 aliphatic rings. The van der Waals surface area contributed by atoms with Gasteiger partial charge < -0.3 is 20.1 Å². The van der Waals surface area contributed by atoms with Crippen molar-refractivity contribution in [2.24, 2.45) is 0 Å². The molecule has 3 N–H and O–H groups in total. The fourth-order valence-electron chi connectivity index (χ4n) is 2.63. The van der Waals surface area contributed by atoms with E-state index < -0.39 is 0 Å². The van der Waals surface area contributed by atoms with Gasteiger partial charge in [0.15, 0.2) is 0 Å². The number of phenolic OH excluding ortho intramolecular Hbond substituents is 1. The van der Waals surface area contributed by atoms with Crippen molar-refractivity contribution in [3.05, 3.63) is 65.9 Å². The van der Waals surface area contributed by atoms with Gasteiger partial charge in [-0.05, 0) is 54.0 Å². The summed E-state index contributed by atoms with van der Waals surface area (Å²) >= 11 is 0. The van der Waals surface area contributed by atoms with Crippen molar-refractivity contribution in [3.63, 3.8) is 0 Å². The van der Waals surface area contributed by atoms with Crippen LogP contribution >= 0.6 is 0 Å². The molecular weight excluding hydrogens is 316 g/mol. The molecule has 5 nitrogen and oxygen atoms in total. The average Bonchev–Trinajstić information content (AvgIpc) is 3.03. The van der Waals surface area contributed by atoms with Crippen LogP contribution in [0.5, 0.6) is 11.5 Å². The first kappa shape index (κ1) is 16.6. The molecule has 0 spiro atoms. The van der Waals surface area contributed by atoms with Crippen LogP contribution in [0.25, 0.3) is 17.0 Å². The Morgan fingerprint density at radius 1 is 1.24 bits per heavy atom. The molecule has 1 amide bonds. The third kappa shape index (κ3) is 4.20. The van der Waals surface area contributed by atoms with Crippen LogP contribution in [-0.4, -0.2) is 29.7 Å². The number of nitrogens with one attached hydrogen (secondary N) is 2. The summed E-state index contributed by atoms with van der Waals surface area (Å²) in [7, 11) is 1.65.